The van der Waals surface area contributed by atoms with Crippen molar-refractivity contribution in [3.8, 4) is 5.75 Å². The average molecular weight is 364 g/mol. The van der Waals surface area contributed by atoms with E-state index in [-0.39, 0.29) is 5.91 Å². The lowest BCUT2D eigenvalue weighted by Crippen LogP contribution is -2.34. The molecule has 0 saturated heterocycles. The molecule has 0 unspecified atom stereocenters. The van der Waals surface area contributed by atoms with Gasteiger partial charge in [-0.2, -0.15) is 0 Å². The zero-order chi connectivity index (χ0) is 18.2. The highest BCUT2D eigenvalue weighted by molar-refractivity contribution is 7.80. The summed E-state index contributed by atoms with van der Waals surface area (Å²) in [5.74, 6) is 0.681. The van der Waals surface area contributed by atoms with Gasteiger partial charge in [-0.15, -0.1) is 0 Å². The Kier molecular flexibility index (Phi) is 6.17. The monoisotopic (exact) mass is 364 g/mol. The van der Waals surface area contributed by atoms with Gasteiger partial charge in [0.2, 0.25) is 5.91 Å². The van der Waals surface area contributed by atoms with Gasteiger partial charge in [-0.3, -0.25) is 4.79 Å². The first kappa shape index (κ1) is 17.9. The molecule has 0 heterocycles. The van der Waals surface area contributed by atoms with E-state index in [1.165, 1.54) is 0 Å². The molecular formula is C21H20N2O2S. The highest BCUT2D eigenvalue weighted by atomic mass is 32.1. The Morgan fingerprint density at radius 1 is 0.923 bits per heavy atom. The lowest BCUT2D eigenvalue weighted by molar-refractivity contribution is -0.119. The quantitative estimate of drug-likeness (QED) is 0.499. The number of hydrogen-bond donors (Lipinski definition) is 2. The van der Waals surface area contributed by atoms with Crippen LogP contribution in [0.15, 0.2) is 72.8 Å². The summed E-state index contributed by atoms with van der Waals surface area (Å²) in [6.07, 6.45) is 0.974. The van der Waals surface area contributed by atoms with Gasteiger partial charge in [0.1, 0.15) is 5.75 Å². The molecule has 1 amide bonds. The summed E-state index contributed by atoms with van der Waals surface area (Å²) in [6.45, 7) is 0.487. The van der Waals surface area contributed by atoms with Crippen LogP contribution in [0.3, 0.4) is 0 Å². The normalized spacial score (nSPS) is 10.3. The van der Waals surface area contributed by atoms with Crippen molar-refractivity contribution in [3.05, 3.63) is 72.8 Å². The summed E-state index contributed by atoms with van der Waals surface area (Å²) < 4.78 is 5.58. The molecule has 0 saturated carbocycles. The summed E-state index contributed by atoms with van der Waals surface area (Å²) in [5.41, 5.74) is 0.876. The van der Waals surface area contributed by atoms with Gasteiger partial charge in [0.15, 0.2) is 5.11 Å². The largest absolute Gasteiger partial charge is 0.494 e. The summed E-state index contributed by atoms with van der Waals surface area (Å²) in [4.78, 5) is 12.0. The van der Waals surface area contributed by atoms with Gasteiger partial charge in [-0.25, -0.2) is 0 Å². The number of hydrogen-bond acceptors (Lipinski definition) is 3. The Balaban J connectivity index is 1.45. The molecule has 26 heavy (non-hydrogen) atoms. The van der Waals surface area contributed by atoms with Gasteiger partial charge in [-0.1, -0.05) is 54.6 Å². The van der Waals surface area contributed by atoms with Crippen molar-refractivity contribution in [2.24, 2.45) is 0 Å². The predicted octanol–water partition coefficient (Wildman–Crippen LogP) is 4.51. The minimum absolute atomic E-state index is 0.126. The molecule has 0 radical (unpaired) electrons. The number of rotatable bonds is 6. The summed E-state index contributed by atoms with van der Waals surface area (Å²) in [7, 11) is 0. The fraction of sp³-hybridized carbons (Fsp3) is 0.143. The highest BCUT2D eigenvalue weighted by Crippen LogP contribution is 2.22. The van der Waals surface area contributed by atoms with E-state index in [1.54, 1.807) is 0 Å². The van der Waals surface area contributed by atoms with Crippen LogP contribution in [0.5, 0.6) is 5.75 Å². The average Bonchev–Trinajstić information content (AvgIpc) is 2.66. The minimum atomic E-state index is -0.126. The minimum Gasteiger partial charge on any atom is -0.494 e. The van der Waals surface area contributed by atoms with Crippen LogP contribution in [0.1, 0.15) is 12.8 Å². The molecule has 2 N–H and O–H groups in total. The van der Waals surface area contributed by atoms with Crippen LogP contribution in [0.2, 0.25) is 0 Å². The molecule has 0 aliphatic heterocycles. The van der Waals surface area contributed by atoms with Gasteiger partial charge >= 0.3 is 0 Å². The van der Waals surface area contributed by atoms with Crippen LogP contribution in [0, 0.1) is 0 Å². The second kappa shape index (κ2) is 8.97. The van der Waals surface area contributed by atoms with Crippen molar-refractivity contribution < 1.29 is 9.53 Å². The molecule has 0 bridgehead atoms. The molecule has 0 aliphatic carbocycles. The molecule has 4 nitrogen and oxygen atoms in total. The van der Waals surface area contributed by atoms with Crippen LogP contribution in [-0.4, -0.2) is 17.6 Å². The van der Waals surface area contributed by atoms with Gasteiger partial charge in [0, 0.05) is 17.5 Å². The number of nitrogens with one attached hydrogen (secondary N) is 2. The number of carbonyl (C=O) groups excluding carboxylic acids is 1. The van der Waals surface area contributed by atoms with Gasteiger partial charge in [0.25, 0.3) is 0 Å². The molecule has 0 aromatic heterocycles. The number of thiocarbonyl (C=S) groups is 1. The second-order valence-corrected chi connectivity index (χ2v) is 6.20. The maximum absolute atomic E-state index is 12.0. The SMILES string of the molecule is O=C(CCCOc1ccccc1)NC(=S)Nc1cccc2ccccc12. The number of anilines is 1. The Morgan fingerprint density at radius 3 is 2.50 bits per heavy atom. The van der Waals surface area contributed by atoms with Gasteiger partial charge in [0.05, 0.1) is 6.61 Å². The Morgan fingerprint density at radius 2 is 1.65 bits per heavy atom. The molecule has 5 heteroatoms. The van der Waals surface area contributed by atoms with E-state index in [9.17, 15) is 4.79 Å². The molecule has 0 spiro atoms. The summed E-state index contributed by atoms with van der Waals surface area (Å²) in [6, 6.07) is 23.5. The van der Waals surface area contributed by atoms with E-state index in [1.807, 2.05) is 72.8 Å². The third-order valence-corrected chi connectivity index (χ3v) is 4.06. The number of fused-ring (bicyclic) bond motifs is 1. The van der Waals surface area contributed by atoms with E-state index in [4.69, 9.17) is 17.0 Å². The molecular weight excluding hydrogens is 344 g/mol. The predicted molar refractivity (Wildman–Crippen MR) is 109 cm³/mol. The van der Waals surface area contributed by atoms with Crippen molar-refractivity contribution in [2.45, 2.75) is 12.8 Å². The first-order valence-electron chi connectivity index (χ1n) is 8.49. The van der Waals surface area contributed by atoms with Gasteiger partial charge in [-0.05, 0) is 42.2 Å². The lowest BCUT2D eigenvalue weighted by Gasteiger charge is -2.12. The molecule has 132 valence electrons. The number of carbonyl (C=O) groups is 1. The number of ether oxygens (including phenoxy) is 1. The van der Waals surface area contributed by atoms with Crippen molar-refractivity contribution in [2.75, 3.05) is 11.9 Å². The number of para-hydroxylation sites is 1. The number of benzene rings is 3. The third-order valence-electron chi connectivity index (χ3n) is 3.85. The highest BCUT2D eigenvalue weighted by Gasteiger charge is 2.07. The Bertz CT molecular complexity index is 891. The molecule has 0 atom stereocenters. The topological polar surface area (TPSA) is 50.4 Å². The van der Waals surface area contributed by atoms with Crippen LogP contribution >= 0.6 is 12.2 Å². The lowest BCUT2D eigenvalue weighted by atomic mass is 10.1. The molecule has 0 fully saturated rings. The van der Waals surface area contributed by atoms with Crippen LogP contribution in [0.25, 0.3) is 10.8 Å². The second-order valence-electron chi connectivity index (χ2n) is 5.79. The zero-order valence-electron chi connectivity index (χ0n) is 14.3. The van der Waals surface area contributed by atoms with Crippen molar-refractivity contribution in [3.63, 3.8) is 0 Å². The standard InChI is InChI=1S/C21H20N2O2S/c24-20(14-7-15-25-17-10-2-1-3-11-17)23-21(26)22-19-13-6-9-16-8-4-5-12-18(16)19/h1-6,8-13H,7,14-15H2,(H2,22,23,24,26). The van der Waals surface area contributed by atoms with E-state index >= 15 is 0 Å². The van der Waals surface area contributed by atoms with Crippen LogP contribution in [-0.2, 0) is 4.79 Å². The van der Waals surface area contributed by atoms with E-state index < -0.39 is 0 Å². The third kappa shape index (κ3) is 5.04. The van der Waals surface area contributed by atoms with E-state index in [0.717, 1.165) is 22.2 Å². The fourth-order valence-corrected chi connectivity index (χ4v) is 2.84. The first-order chi connectivity index (χ1) is 12.7. The van der Waals surface area contributed by atoms with Crippen molar-refractivity contribution in [1.82, 2.24) is 5.32 Å². The Hall–Kier alpha value is -2.92. The molecule has 0 aliphatic rings. The van der Waals surface area contributed by atoms with Crippen LogP contribution in [0.4, 0.5) is 5.69 Å². The smallest absolute Gasteiger partial charge is 0.226 e. The maximum Gasteiger partial charge on any atom is 0.226 e. The van der Waals surface area contributed by atoms with Crippen LogP contribution < -0.4 is 15.4 Å². The first-order valence-corrected chi connectivity index (χ1v) is 8.89. The Labute approximate surface area is 158 Å². The fourth-order valence-electron chi connectivity index (χ4n) is 2.62. The van der Waals surface area contributed by atoms with Gasteiger partial charge < -0.3 is 15.4 Å². The van der Waals surface area contributed by atoms with E-state index in [2.05, 4.69) is 10.6 Å². The summed E-state index contributed by atoms with van der Waals surface area (Å²) in [5, 5.41) is 8.29. The maximum atomic E-state index is 12.0. The van der Waals surface area contributed by atoms with Crippen molar-refractivity contribution >= 4 is 39.7 Å². The van der Waals surface area contributed by atoms with E-state index in [0.29, 0.717) is 24.6 Å². The van der Waals surface area contributed by atoms with Crippen molar-refractivity contribution in [1.29, 1.82) is 0 Å². The summed E-state index contributed by atoms with van der Waals surface area (Å²) >= 11 is 5.26. The zero-order valence-corrected chi connectivity index (χ0v) is 15.1. The molecule has 3 rings (SSSR count). The number of amides is 1. The molecule has 3 aromatic rings. The molecule has 3 aromatic carbocycles.